The van der Waals surface area contributed by atoms with E-state index in [0.29, 0.717) is 28.8 Å². The van der Waals surface area contributed by atoms with Crippen molar-refractivity contribution < 1.29 is 106 Å². The van der Waals surface area contributed by atoms with Crippen molar-refractivity contribution in [1.29, 1.82) is 0 Å². The van der Waals surface area contributed by atoms with Gasteiger partial charge in [-0.05, 0) is 171 Å². The number of aromatic nitrogens is 22. The van der Waals surface area contributed by atoms with Gasteiger partial charge in [-0.15, -0.1) is 11.8 Å². The van der Waals surface area contributed by atoms with Crippen molar-refractivity contribution in [3.05, 3.63) is 339 Å². The summed E-state index contributed by atoms with van der Waals surface area (Å²) >= 11 is 1.62. The molecule has 0 atom stereocenters. The van der Waals surface area contributed by atoms with Crippen LogP contribution in [0, 0.1) is 6.92 Å². The molecule has 52 heteroatoms. The zero-order chi connectivity index (χ0) is 103. The van der Waals surface area contributed by atoms with Crippen molar-refractivity contribution >= 4 is 103 Å². The Hall–Kier alpha value is -17.7. The molecule has 17 aromatic heterocycles. The Morgan fingerprint density at radius 2 is 0.683 bits per heavy atom. The summed E-state index contributed by atoms with van der Waals surface area (Å²) in [5.41, 5.74) is -4.06. The van der Waals surface area contributed by atoms with Crippen molar-refractivity contribution in [3.63, 3.8) is 0 Å². The molecule has 0 aliphatic rings. The number of thioether (sulfide) groups is 1. The van der Waals surface area contributed by atoms with Gasteiger partial charge in [-0.3, -0.25) is 37.7 Å². The van der Waals surface area contributed by atoms with E-state index in [1.807, 2.05) is 66.3 Å². The summed E-state index contributed by atoms with van der Waals surface area (Å²) in [5.74, 6) is 2.31. The number of hydrogen-bond donors (Lipinski definition) is 5. The molecule has 0 bridgehead atoms. The van der Waals surface area contributed by atoms with Crippen molar-refractivity contribution in [1.82, 2.24) is 107 Å². The largest absolute Gasteiger partial charge is 0.435 e. The summed E-state index contributed by atoms with van der Waals surface area (Å²) < 4.78 is 312. The third-order valence-corrected chi connectivity index (χ3v) is 20.9. The Labute approximate surface area is 802 Å². The van der Waals surface area contributed by atoms with Gasteiger partial charge in [0.15, 0.2) is 34.4 Å². The molecule has 740 valence electrons. The molecule has 0 spiro atoms. The number of nitrogens with one attached hydrogen (secondary N) is 5. The molecule has 20 aromatic rings. The van der Waals surface area contributed by atoms with Crippen LogP contribution in [0.5, 0.6) is 5.75 Å². The number of para-hydroxylation sites is 2. The summed E-state index contributed by atoms with van der Waals surface area (Å²) in [5, 5.41) is 17.9. The van der Waals surface area contributed by atoms with Crippen LogP contribution >= 0.6 is 11.8 Å². The van der Waals surface area contributed by atoms with E-state index in [-0.39, 0.29) is 102 Å². The van der Waals surface area contributed by atoms with Crippen LogP contribution in [0.3, 0.4) is 0 Å². The first-order chi connectivity index (χ1) is 68.9. The highest BCUT2D eigenvalue weighted by Gasteiger charge is 2.44. The molecular formula is C93H60F23N27OS. The second-order valence-electron chi connectivity index (χ2n) is 30.0. The summed E-state index contributed by atoms with van der Waals surface area (Å²) in [6, 6.07) is 49.7. The minimum atomic E-state index is -4.73. The number of pyridine rings is 8. The Balaban J connectivity index is 0.000000130. The molecule has 20 rings (SSSR count). The lowest BCUT2D eigenvalue weighted by molar-refractivity contribution is -0.141. The fraction of sp³-hybridized carbons (Fsp3) is 0.108. The molecule has 0 saturated heterocycles. The van der Waals surface area contributed by atoms with Gasteiger partial charge in [0, 0.05) is 41.1 Å². The number of alkyl halides is 23. The second kappa shape index (κ2) is 41.3. The lowest BCUT2D eigenvalue weighted by Gasteiger charge is -2.11. The summed E-state index contributed by atoms with van der Waals surface area (Å²) in [6.45, 7) is -1.08. The van der Waals surface area contributed by atoms with Gasteiger partial charge in [0.25, 0.3) is 0 Å². The zero-order valence-corrected chi connectivity index (χ0v) is 74.0. The van der Waals surface area contributed by atoms with E-state index in [1.54, 1.807) is 66.5 Å². The summed E-state index contributed by atoms with van der Waals surface area (Å²) in [7, 11) is 0. The van der Waals surface area contributed by atoms with Gasteiger partial charge in [-0.1, -0.05) is 42.5 Å². The van der Waals surface area contributed by atoms with Gasteiger partial charge in [0.2, 0.25) is 0 Å². The molecule has 0 radical (unpaired) electrons. The molecule has 0 unspecified atom stereocenters. The van der Waals surface area contributed by atoms with Crippen molar-refractivity contribution in [3.8, 4) is 57.0 Å². The number of fused-ring (bicyclic) bond motifs is 5. The van der Waals surface area contributed by atoms with Crippen LogP contribution < -0.4 is 31.3 Å². The third kappa shape index (κ3) is 24.0. The van der Waals surface area contributed by atoms with Crippen LogP contribution in [-0.2, 0) is 43.2 Å². The summed E-state index contributed by atoms with van der Waals surface area (Å²) in [6.07, 6.45) is -10.9. The maximum Gasteiger partial charge on any atom is 0.435 e. The first-order valence-electron chi connectivity index (χ1n) is 41.5. The zero-order valence-electron chi connectivity index (χ0n) is 73.1. The quantitative estimate of drug-likeness (QED) is 0.0394. The van der Waals surface area contributed by atoms with Gasteiger partial charge < -0.3 is 31.3 Å². The lowest BCUT2D eigenvalue weighted by atomic mass is 10.1. The Bertz CT molecular complexity index is 7760. The minimum Gasteiger partial charge on any atom is -0.435 e. The molecule has 5 N–H and O–H groups in total. The Morgan fingerprint density at radius 1 is 0.310 bits per heavy atom. The molecular weight excluding hydrogens is 1980 g/mol. The van der Waals surface area contributed by atoms with Crippen molar-refractivity contribution in [2.75, 3.05) is 32.8 Å². The standard InChI is InChI=1S/C19H11F6N5.C19H12F5N5O.C19H14F3N5S.C18H10F6N6.C18H13F3N6/c20-18(21,22)13-8-7-11(10-26-13)27-14-5-3-4-12(28-14)16-17(19(23,24)25)29-15-6-1-2-9-30(15)16;20-18(21)30-12-6-4-11(5-7-12)26-15-10-25-9-13(27-15)16-14-3-1-2-8-29(14)28-17(16)19(22,23)24;1-28-13-7-5-12(6-8-13)24-15-11-23-10-14(25-15)17-18(19(20,21)22)26-16-4-2-3-9-27(16)17;19-17(20,21)12-5-4-10(7-26-12)27-13-9-25-8-11(28-13)15-16(18(22,23)24)29-14-3-1-2-6-30(14)15;1-11-24-13-4-2-3-5-14(13)27(11)17-10-22-9-16(26-17)25-12-6-7-15(23-8-12)18(19,20)21/h1-10H,(H,27,28);1-10,18H,(H,26,27);2-11H,1H3,(H,24,25);1-9H,(H,27,28);2-10H,1H3,(H,25,26). The number of halogens is 23. The summed E-state index contributed by atoms with van der Waals surface area (Å²) in [4.78, 5) is 64.2. The number of hydrogen-bond acceptors (Lipinski definition) is 24. The number of imidazole rings is 4. The van der Waals surface area contributed by atoms with E-state index < -0.39 is 89.7 Å². The minimum absolute atomic E-state index is 0.00843. The molecule has 3 aromatic carbocycles. The fourth-order valence-corrected chi connectivity index (χ4v) is 14.4. The van der Waals surface area contributed by atoms with E-state index in [2.05, 4.69) is 116 Å². The lowest BCUT2D eigenvalue weighted by Crippen LogP contribution is -2.09. The molecule has 28 nitrogen and oxygen atoms in total. The molecule has 145 heavy (non-hydrogen) atoms. The molecule has 0 fully saturated rings. The molecule has 0 amide bonds. The van der Waals surface area contributed by atoms with Gasteiger partial charge in [-0.2, -0.15) is 106 Å². The van der Waals surface area contributed by atoms with Crippen LogP contribution in [0.4, 0.5) is 159 Å². The molecule has 0 saturated carbocycles. The predicted molar refractivity (Wildman–Crippen MR) is 484 cm³/mol. The fourth-order valence-electron chi connectivity index (χ4n) is 14.0. The monoisotopic (exact) mass is 2040 g/mol. The number of anilines is 10. The highest BCUT2D eigenvalue weighted by Crippen LogP contribution is 2.44. The second-order valence-corrected chi connectivity index (χ2v) is 30.9. The molecule has 0 aliphatic carbocycles. The van der Waals surface area contributed by atoms with E-state index >= 15 is 0 Å². The first kappa shape index (κ1) is 100. The van der Waals surface area contributed by atoms with Crippen LogP contribution in [0.25, 0.3) is 84.7 Å². The van der Waals surface area contributed by atoms with Crippen LogP contribution in [0.1, 0.15) is 45.7 Å². The van der Waals surface area contributed by atoms with Gasteiger partial charge in [0.1, 0.15) is 97.3 Å². The van der Waals surface area contributed by atoms with Crippen LogP contribution in [0.15, 0.2) is 298 Å². The maximum absolute atomic E-state index is 13.5. The normalized spacial score (nSPS) is 12.0. The van der Waals surface area contributed by atoms with Gasteiger partial charge in [0.05, 0.1) is 119 Å². The topological polar surface area (TPSA) is 311 Å². The molecule has 17 heterocycles. The third-order valence-electron chi connectivity index (χ3n) is 20.1. The van der Waals surface area contributed by atoms with Crippen LogP contribution in [-0.4, -0.2) is 120 Å². The Morgan fingerprint density at radius 3 is 1.12 bits per heavy atom. The van der Waals surface area contributed by atoms with Crippen molar-refractivity contribution in [2.24, 2.45) is 0 Å². The Kier molecular flexibility index (Phi) is 28.6. The van der Waals surface area contributed by atoms with E-state index in [0.717, 1.165) is 87.1 Å². The number of aryl methyl sites for hydroxylation is 1. The van der Waals surface area contributed by atoms with Gasteiger partial charge in [-0.25, -0.2) is 64.3 Å². The average molecular weight is 2040 g/mol. The number of rotatable bonds is 18. The highest BCUT2D eigenvalue weighted by atomic mass is 32.2. The van der Waals surface area contributed by atoms with E-state index in [9.17, 15) is 101 Å². The van der Waals surface area contributed by atoms with Crippen molar-refractivity contribution in [2.45, 2.75) is 61.7 Å². The number of ether oxygens (including phenoxy) is 1. The first-order valence-corrected chi connectivity index (χ1v) is 42.7. The van der Waals surface area contributed by atoms with E-state index in [1.165, 1.54) is 148 Å². The SMILES string of the molecule is CSc1ccc(Nc2cncc(-c3c(C(F)(F)F)nc4ccccn34)n2)cc1.Cc1nc2ccccc2n1-c1cncc(Nc2ccc(C(F)(F)F)nc2)n1.FC(F)(F)c1ccc(Nc2cccc(-c3c(C(F)(F)F)nc4ccccn34)n2)cn1.FC(F)(F)c1ccc(Nc2cncc(-c3c(C(F)(F)F)nc4ccccn34)n2)cn1.FC(F)Oc1ccc(Nc2cncc(-c3c(C(F)(F)F)nn4ccccc34)n2)cc1. The molecule has 0 aliphatic heterocycles. The number of nitrogens with zero attached hydrogens (tertiary/aromatic N) is 22. The maximum atomic E-state index is 13.5. The van der Waals surface area contributed by atoms with E-state index in [4.69, 9.17) is 0 Å². The average Bonchev–Trinajstić information content (AvgIpc) is 1.65. The number of benzene rings is 3. The smallest absolute Gasteiger partial charge is 0.435 e. The van der Waals surface area contributed by atoms with Gasteiger partial charge >= 0.3 is 49.8 Å². The highest BCUT2D eigenvalue weighted by molar-refractivity contribution is 7.98. The van der Waals surface area contributed by atoms with Crippen LogP contribution in [0.2, 0.25) is 0 Å². The predicted octanol–water partition coefficient (Wildman–Crippen LogP) is 25.3.